The van der Waals surface area contributed by atoms with Crippen LogP contribution in [0.1, 0.15) is 13.3 Å². The van der Waals surface area contributed by atoms with Crippen molar-refractivity contribution in [1.29, 1.82) is 0 Å². The molecule has 0 aromatic carbocycles. The molecule has 2 heterocycles. The molecular weight excluding hydrogens is 194 g/mol. The molecule has 1 saturated heterocycles. The van der Waals surface area contributed by atoms with E-state index in [9.17, 15) is 0 Å². The minimum Gasteiger partial charge on any atom is -0.368 e. The molecule has 1 fully saturated rings. The Hall–Kier alpha value is -0.640. The summed E-state index contributed by atoms with van der Waals surface area (Å²) >= 11 is 2.06. The number of hydrogen-bond acceptors (Lipinski definition) is 3. The number of aryl methyl sites for hydroxylation is 1. The lowest BCUT2D eigenvalue weighted by Crippen LogP contribution is -2.13. The third kappa shape index (κ3) is 2.44. The summed E-state index contributed by atoms with van der Waals surface area (Å²) in [5.41, 5.74) is 0. The van der Waals surface area contributed by atoms with E-state index in [-0.39, 0.29) is 0 Å². The maximum absolute atomic E-state index is 4.39. The molecule has 0 aliphatic carbocycles. The summed E-state index contributed by atoms with van der Waals surface area (Å²) in [6.45, 7) is 4.12. The van der Waals surface area contributed by atoms with Gasteiger partial charge in [-0.05, 0) is 30.8 Å². The Morgan fingerprint density at radius 2 is 2.64 bits per heavy atom. The lowest BCUT2D eigenvalue weighted by Gasteiger charge is -2.08. The number of anilines is 1. The molecule has 0 radical (unpaired) electrons. The van der Waals surface area contributed by atoms with Crippen LogP contribution in [0.25, 0.3) is 0 Å². The zero-order chi connectivity index (χ0) is 9.80. The van der Waals surface area contributed by atoms with Gasteiger partial charge in [-0.3, -0.25) is 4.68 Å². The van der Waals surface area contributed by atoms with E-state index >= 15 is 0 Å². The third-order valence-electron chi connectivity index (χ3n) is 2.56. The largest absolute Gasteiger partial charge is 0.368 e. The van der Waals surface area contributed by atoms with Gasteiger partial charge in [0.2, 0.25) is 0 Å². The van der Waals surface area contributed by atoms with Crippen molar-refractivity contribution in [2.24, 2.45) is 5.92 Å². The van der Waals surface area contributed by atoms with E-state index < -0.39 is 0 Å². The lowest BCUT2D eigenvalue weighted by atomic mass is 10.1. The number of thioether (sulfide) groups is 1. The van der Waals surface area contributed by atoms with Gasteiger partial charge in [0.05, 0.1) is 0 Å². The second-order valence-electron chi connectivity index (χ2n) is 3.67. The van der Waals surface area contributed by atoms with Crippen molar-refractivity contribution in [2.75, 3.05) is 23.4 Å². The van der Waals surface area contributed by atoms with E-state index in [1.54, 1.807) is 0 Å². The third-order valence-corrected chi connectivity index (χ3v) is 3.79. The molecule has 2 rings (SSSR count). The molecule has 0 spiro atoms. The van der Waals surface area contributed by atoms with Gasteiger partial charge < -0.3 is 5.32 Å². The fourth-order valence-corrected chi connectivity index (χ4v) is 2.91. The van der Waals surface area contributed by atoms with Crippen molar-refractivity contribution in [3.05, 3.63) is 12.3 Å². The number of aromatic nitrogens is 2. The number of rotatable bonds is 4. The topological polar surface area (TPSA) is 29.9 Å². The second kappa shape index (κ2) is 4.73. The molecule has 0 bridgehead atoms. The van der Waals surface area contributed by atoms with Gasteiger partial charge in [-0.1, -0.05) is 0 Å². The molecule has 1 aliphatic heterocycles. The molecular formula is C10H17N3S. The molecule has 4 heteroatoms. The summed E-state index contributed by atoms with van der Waals surface area (Å²) in [4.78, 5) is 0. The van der Waals surface area contributed by atoms with Gasteiger partial charge in [0.1, 0.15) is 5.82 Å². The second-order valence-corrected chi connectivity index (χ2v) is 4.82. The van der Waals surface area contributed by atoms with Gasteiger partial charge in [0, 0.05) is 25.4 Å². The first-order valence-electron chi connectivity index (χ1n) is 5.23. The van der Waals surface area contributed by atoms with Gasteiger partial charge in [-0.25, -0.2) is 0 Å². The van der Waals surface area contributed by atoms with Crippen LogP contribution in [0.4, 0.5) is 5.82 Å². The van der Waals surface area contributed by atoms with E-state index in [2.05, 4.69) is 29.1 Å². The Morgan fingerprint density at radius 1 is 1.71 bits per heavy atom. The average molecular weight is 211 g/mol. The molecule has 0 amide bonds. The summed E-state index contributed by atoms with van der Waals surface area (Å²) in [7, 11) is 0. The van der Waals surface area contributed by atoms with Crippen LogP contribution in [-0.4, -0.2) is 27.8 Å². The summed E-state index contributed by atoms with van der Waals surface area (Å²) in [6.07, 6.45) is 3.37. The minimum atomic E-state index is 0.840. The first kappa shape index (κ1) is 9.90. The van der Waals surface area contributed by atoms with E-state index in [0.29, 0.717) is 0 Å². The van der Waals surface area contributed by atoms with Crippen molar-refractivity contribution in [2.45, 2.75) is 19.9 Å². The average Bonchev–Trinajstić information content (AvgIpc) is 2.86. The van der Waals surface area contributed by atoms with Crippen LogP contribution in [0.15, 0.2) is 12.3 Å². The Labute approximate surface area is 89.3 Å². The Kier molecular flexibility index (Phi) is 3.35. The molecule has 3 nitrogen and oxygen atoms in total. The summed E-state index contributed by atoms with van der Waals surface area (Å²) in [5.74, 6) is 4.49. The maximum Gasteiger partial charge on any atom is 0.147 e. The van der Waals surface area contributed by atoms with Crippen LogP contribution in [0.5, 0.6) is 0 Å². The van der Waals surface area contributed by atoms with Crippen LogP contribution in [0.3, 0.4) is 0 Å². The first-order valence-corrected chi connectivity index (χ1v) is 6.39. The van der Waals surface area contributed by atoms with Crippen LogP contribution in [-0.2, 0) is 6.54 Å². The predicted molar refractivity (Wildman–Crippen MR) is 61.8 cm³/mol. The van der Waals surface area contributed by atoms with Crippen LogP contribution in [0.2, 0.25) is 0 Å². The molecule has 1 aromatic heterocycles. The lowest BCUT2D eigenvalue weighted by molar-refractivity contribution is 0.624. The van der Waals surface area contributed by atoms with Crippen molar-refractivity contribution >= 4 is 17.6 Å². The van der Waals surface area contributed by atoms with Crippen molar-refractivity contribution in [3.63, 3.8) is 0 Å². The fraction of sp³-hybridized carbons (Fsp3) is 0.700. The zero-order valence-corrected chi connectivity index (χ0v) is 9.39. The summed E-state index contributed by atoms with van der Waals surface area (Å²) in [6, 6.07) is 2.05. The summed E-state index contributed by atoms with van der Waals surface area (Å²) in [5, 5.41) is 7.78. The number of nitrogens with zero attached hydrogens (tertiary/aromatic N) is 2. The molecule has 78 valence electrons. The Morgan fingerprint density at radius 3 is 3.29 bits per heavy atom. The van der Waals surface area contributed by atoms with Crippen molar-refractivity contribution in [3.8, 4) is 0 Å². The summed E-state index contributed by atoms with van der Waals surface area (Å²) < 4.78 is 1.95. The normalized spacial score (nSPS) is 21.4. The van der Waals surface area contributed by atoms with E-state index in [4.69, 9.17) is 0 Å². The highest BCUT2D eigenvalue weighted by molar-refractivity contribution is 7.99. The zero-order valence-electron chi connectivity index (χ0n) is 8.57. The fourth-order valence-electron chi connectivity index (χ4n) is 1.63. The Bertz CT molecular complexity index is 279. The van der Waals surface area contributed by atoms with Crippen molar-refractivity contribution in [1.82, 2.24) is 9.78 Å². The highest BCUT2D eigenvalue weighted by Gasteiger charge is 2.14. The van der Waals surface area contributed by atoms with E-state index in [1.165, 1.54) is 17.9 Å². The van der Waals surface area contributed by atoms with Gasteiger partial charge >= 0.3 is 0 Å². The standard InChI is InChI=1S/C10H17N3S/c1-2-13-5-3-10(12-13)11-7-9-4-6-14-8-9/h3,5,9H,2,4,6-8H2,1H3,(H,11,12). The molecule has 14 heavy (non-hydrogen) atoms. The van der Waals surface area contributed by atoms with Crippen molar-refractivity contribution < 1.29 is 0 Å². The monoisotopic (exact) mass is 211 g/mol. The smallest absolute Gasteiger partial charge is 0.147 e. The molecule has 1 N–H and O–H groups in total. The van der Waals surface area contributed by atoms with Gasteiger partial charge in [0.15, 0.2) is 0 Å². The number of hydrogen-bond donors (Lipinski definition) is 1. The SMILES string of the molecule is CCn1ccc(NCC2CCSC2)n1. The van der Waals surface area contributed by atoms with E-state index in [1.807, 2.05) is 16.9 Å². The highest BCUT2D eigenvalue weighted by atomic mass is 32.2. The molecule has 1 aliphatic rings. The molecule has 1 unspecified atom stereocenters. The predicted octanol–water partition coefficient (Wildman–Crippen LogP) is 2.07. The van der Waals surface area contributed by atoms with Gasteiger partial charge in [-0.2, -0.15) is 16.9 Å². The van der Waals surface area contributed by atoms with Gasteiger partial charge in [0.25, 0.3) is 0 Å². The number of nitrogens with one attached hydrogen (secondary N) is 1. The van der Waals surface area contributed by atoms with Gasteiger partial charge in [-0.15, -0.1) is 0 Å². The molecule has 0 saturated carbocycles. The minimum absolute atomic E-state index is 0.840. The Balaban J connectivity index is 1.79. The first-order chi connectivity index (χ1) is 6.88. The highest BCUT2D eigenvalue weighted by Crippen LogP contribution is 2.23. The van der Waals surface area contributed by atoms with Crippen LogP contribution >= 0.6 is 11.8 Å². The maximum atomic E-state index is 4.39. The van der Waals surface area contributed by atoms with E-state index in [0.717, 1.165) is 24.8 Å². The quantitative estimate of drug-likeness (QED) is 0.827. The van der Waals surface area contributed by atoms with Crippen LogP contribution in [0, 0.1) is 5.92 Å². The molecule has 1 atom stereocenters. The molecule has 1 aromatic rings. The van der Waals surface area contributed by atoms with Crippen LogP contribution < -0.4 is 5.32 Å².